The zero-order valence-electron chi connectivity index (χ0n) is 11.4. The Hall–Kier alpha value is -1.26. The summed E-state index contributed by atoms with van der Waals surface area (Å²) < 4.78 is 0. The molecule has 1 aliphatic rings. The predicted molar refractivity (Wildman–Crippen MR) is 71.4 cm³/mol. The van der Waals surface area contributed by atoms with Crippen LogP contribution >= 0.6 is 0 Å². The minimum atomic E-state index is 0.0707. The van der Waals surface area contributed by atoms with Crippen LogP contribution in [0.25, 0.3) is 0 Å². The third kappa shape index (κ3) is 4.55. The van der Waals surface area contributed by atoms with Crippen LogP contribution < -0.4 is 5.73 Å². The fraction of sp³-hybridized carbons (Fsp3) is 0.846. The van der Waals surface area contributed by atoms with Gasteiger partial charge in [0.2, 0.25) is 5.91 Å². The number of amidine groups is 1. The predicted octanol–water partition coefficient (Wildman–Crippen LogP) is 1.94. The molecule has 0 atom stereocenters. The number of carbonyl (C=O) groups is 1. The minimum absolute atomic E-state index is 0.0707. The van der Waals surface area contributed by atoms with Crippen LogP contribution in [0.2, 0.25) is 0 Å². The Balaban J connectivity index is 2.43. The van der Waals surface area contributed by atoms with Crippen molar-refractivity contribution in [1.82, 2.24) is 4.90 Å². The summed E-state index contributed by atoms with van der Waals surface area (Å²) in [6.45, 7) is 4.09. The van der Waals surface area contributed by atoms with E-state index in [2.05, 4.69) is 5.16 Å². The van der Waals surface area contributed by atoms with Gasteiger partial charge in [-0.2, -0.15) is 0 Å². The van der Waals surface area contributed by atoms with Crippen LogP contribution in [-0.4, -0.2) is 34.4 Å². The molecule has 0 bridgehead atoms. The second kappa shape index (κ2) is 7.24. The molecule has 1 fully saturated rings. The Bertz CT molecular complexity index is 297. The van der Waals surface area contributed by atoms with Crippen molar-refractivity contribution in [3.05, 3.63) is 0 Å². The first-order chi connectivity index (χ1) is 8.54. The van der Waals surface area contributed by atoms with Gasteiger partial charge in [0.25, 0.3) is 0 Å². The van der Waals surface area contributed by atoms with Gasteiger partial charge in [-0.15, -0.1) is 0 Å². The van der Waals surface area contributed by atoms with Crippen molar-refractivity contribution in [2.24, 2.45) is 16.8 Å². The molecule has 0 saturated heterocycles. The molecule has 0 spiro atoms. The standard InChI is InChI=1S/C13H25N3O2/c1-10(2)16(9-12(14)15-18)13(17)8-7-11-5-3-4-6-11/h10-11,18H,3-9H2,1-2H3,(H2,14,15). The van der Waals surface area contributed by atoms with Crippen LogP contribution in [0.4, 0.5) is 0 Å². The molecule has 1 rings (SSSR count). The summed E-state index contributed by atoms with van der Waals surface area (Å²) in [5.41, 5.74) is 5.47. The van der Waals surface area contributed by atoms with Crippen molar-refractivity contribution in [3.8, 4) is 0 Å². The summed E-state index contributed by atoms with van der Waals surface area (Å²) in [5, 5.41) is 11.5. The minimum Gasteiger partial charge on any atom is -0.409 e. The lowest BCUT2D eigenvalue weighted by atomic mass is 10.0. The molecule has 1 amide bonds. The number of hydrogen-bond acceptors (Lipinski definition) is 3. The molecule has 104 valence electrons. The lowest BCUT2D eigenvalue weighted by Crippen LogP contribution is -2.42. The van der Waals surface area contributed by atoms with Gasteiger partial charge >= 0.3 is 0 Å². The van der Waals surface area contributed by atoms with Gasteiger partial charge in [0.1, 0.15) is 0 Å². The molecule has 0 aromatic carbocycles. The van der Waals surface area contributed by atoms with E-state index in [-0.39, 0.29) is 24.3 Å². The van der Waals surface area contributed by atoms with Crippen LogP contribution in [0, 0.1) is 5.92 Å². The van der Waals surface area contributed by atoms with E-state index in [0.29, 0.717) is 12.3 Å². The van der Waals surface area contributed by atoms with E-state index in [1.54, 1.807) is 4.90 Å². The fourth-order valence-electron chi connectivity index (χ4n) is 2.54. The molecular weight excluding hydrogens is 230 g/mol. The van der Waals surface area contributed by atoms with Gasteiger partial charge in [-0.05, 0) is 26.2 Å². The average molecular weight is 255 g/mol. The van der Waals surface area contributed by atoms with Crippen molar-refractivity contribution in [2.45, 2.75) is 58.4 Å². The van der Waals surface area contributed by atoms with Crippen LogP contribution in [0.3, 0.4) is 0 Å². The van der Waals surface area contributed by atoms with Crippen molar-refractivity contribution in [2.75, 3.05) is 6.54 Å². The molecule has 0 aromatic rings. The molecule has 1 aliphatic carbocycles. The Morgan fingerprint density at radius 1 is 1.44 bits per heavy atom. The lowest BCUT2D eigenvalue weighted by Gasteiger charge is -2.26. The summed E-state index contributed by atoms with van der Waals surface area (Å²) in [6, 6.07) is 0.0707. The Labute approximate surface area is 109 Å². The van der Waals surface area contributed by atoms with Crippen molar-refractivity contribution < 1.29 is 10.0 Å². The largest absolute Gasteiger partial charge is 0.409 e. The highest BCUT2D eigenvalue weighted by Gasteiger charge is 2.21. The van der Waals surface area contributed by atoms with Crippen LogP contribution in [0.5, 0.6) is 0 Å². The summed E-state index contributed by atoms with van der Waals surface area (Å²) in [5.74, 6) is 0.897. The summed E-state index contributed by atoms with van der Waals surface area (Å²) in [4.78, 5) is 13.8. The molecule has 5 heteroatoms. The van der Waals surface area contributed by atoms with Gasteiger partial charge in [-0.25, -0.2) is 0 Å². The molecule has 18 heavy (non-hydrogen) atoms. The molecule has 1 saturated carbocycles. The third-order valence-corrected chi connectivity index (χ3v) is 3.65. The smallest absolute Gasteiger partial charge is 0.223 e. The maximum absolute atomic E-state index is 12.1. The van der Waals surface area contributed by atoms with Crippen molar-refractivity contribution in [3.63, 3.8) is 0 Å². The lowest BCUT2D eigenvalue weighted by molar-refractivity contribution is -0.132. The molecular formula is C13H25N3O2. The number of carbonyl (C=O) groups excluding carboxylic acids is 1. The molecule has 0 radical (unpaired) electrons. The van der Waals surface area contributed by atoms with Crippen molar-refractivity contribution in [1.29, 1.82) is 0 Å². The number of hydrogen-bond donors (Lipinski definition) is 2. The highest BCUT2D eigenvalue weighted by atomic mass is 16.4. The van der Waals surface area contributed by atoms with E-state index < -0.39 is 0 Å². The van der Waals surface area contributed by atoms with Crippen LogP contribution in [0.1, 0.15) is 52.4 Å². The summed E-state index contributed by atoms with van der Waals surface area (Å²) in [6.07, 6.45) is 6.66. The van der Waals surface area contributed by atoms with E-state index in [9.17, 15) is 4.79 Å². The van der Waals surface area contributed by atoms with Gasteiger partial charge in [-0.1, -0.05) is 30.8 Å². The molecule has 5 nitrogen and oxygen atoms in total. The zero-order chi connectivity index (χ0) is 13.5. The van der Waals surface area contributed by atoms with Gasteiger partial charge < -0.3 is 15.8 Å². The van der Waals surface area contributed by atoms with Crippen molar-refractivity contribution >= 4 is 11.7 Å². The van der Waals surface area contributed by atoms with Gasteiger partial charge in [0.15, 0.2) is 5.84 Å². The molecule has 3 N–H and O–H groups in total. The number of nitrogens with two attached hydrogens (primary N) is 1. The maximum Gasteiger partial charge on any atom is 0.223 e. The topological polar surface area (TPSA) is 78.9 Å². The quantitative estimate of drug-likeness (QED) is 0.329. The van der Waals surface area contributed by atoms with E-state index in [1.807, 2.05) is 13.8 Å². The first-order valence-electron chi connectivity index (χ1n) is 6.80. The molecule has 0 aromatic heterocycles. The number of nitrogens with zero attached hydrogens (tertiary/aromatic N) is 2. The highest BCUT2D eigenvalue weighted by Crippen LogP contribution is 2.28. The monoisotopic (exact) mass is 255 g/mol. The molecule has 0 aliphatic heterocycles. The summed E-state index contributed by atoms with van der Waals surface area (Å²) >= 11 is 0. The SMILES string of the molecule is CC(C)N(CC(N)=NO)C(=O)CCC1CCCC1. The summed E-state index contributed by atoms with van der Waals surface area (Å²) in [7, 11) is 0. The Morgan fingerprint density at radius 3 is 2.56 bits per heavy atom. The van der Waals surface area contributed by atoms with Gasteiger partial charge in [0, 0.05) is 12.5 Å². The fourth-order valence-corrected chi connectivity index (χ4v) is 2.54. The second-order valence-corrected chi connectivity index (χ2v) is 5.40. The normalized spacial score (nSPS) is 17.4. The van der Waals surface area contributed by atoms with E-state index in [0.717, 1.165) is 6.42 Å². The Kier molecular flexibility index (Phi) is 5.95. The number of rotatable bonds is 6. The zero-order valence-corrected chi connectivity index (χ0v) is 11.4. The first-order valence-corrected chi connectivity index (χ1v) is 6.80. The maximum atomic E-state index is 12.1. The first kappa shape index (κ1) is 14.8. The van der Waals surface area contributed by atoms with Gasteiger partial charge in [-0.3, -0.25) is 4.79 Å². The van der Waals surface area contributed by atoms with Gasteiger partial charge in [0.05, 0.1) is 6.54 Å². The van der Waals surface area contributed by atoms with Crippen LogP contribution in [-0.2, 0) is 4.79 Å². The second-order valence-electron chi connectivity index (χ2n) is 5.40. The number of amides is 1. The number of oxime groups is 1. The van der Waals surface area contributed by atoms with E-state index in [4.69, 9.17) is 10.9 Å². The van der Waals surface area contributed by atoms with E-state index in [1.165, 1.54) is 25.7 Å². The third-order valence-electron chi connectivity index (χ3n) is 3.65. The Morgan fingerprint density at radius 2 is 2.06 bits per heavy atom. The molecule has 0 unspecified atom stereocenters. The van der Waals surface area contributed by atoms with Crippen LogP contribution in [0.15, 0.2) is 5.16 Å². The highest BCUT2D eigenvalue weighted by molar-refractivity contribution is 5.87. The average Bonchev–Trinajstić information content (AvgIpc) is 2.85. The van der Waals surface area contributed by atoms with E-state index >= 15 is 0 Å². The molecule has 0 heterocycles.